The maximum Gasteiger partial charge on any atom is 0.241 e. The molecule has 2 aromatic heterocycles. The number of aromatic nitrogens is 2. The van der Waals surface area contributed by atoms with Gasteiger partial charge in [0.05, 0.1) is 12.8 Å². The summed E-state index contributed by atoms with van der Waals surface area (Å²) in [5.41, 5.74) is 0. The summed E-state index contributed by atoms with van der Waals surface area (Å²) < 4.78 is 10.6. The largest absolute Gasteiger partial charge is 0.461 e. The fourth-order valence-corrected chi connectivity index (χ4v) is 3.28. The molecule has 20 heavy (non-hydrogen) atoms. The van der Waals surface area contributed by atoms with E-state index in [0.717, 1.165) is 32.1 Å². The van der Waals surface area contributed by atoms with Crippen LogP contribution in [0.25, 0.3) is 11.6 Å². The number of furan rings is 1. The molecule has 2 aromatic rings. The van der Waals surface area contributed by atoms with Gasteiger partial charge in [-0.1, -0.05) is 5.16 Å². The van der Waals surface area contributed by atoms with Crippen molar-refractivity contribution < 1.29 is 8.94 Å². The van der Waals surface area contributed by atoms with Gasteiger partial charge in [-0.25, -0.2) is 0 Å². The number of likely N-dealkylation sites (tertiary alicyclic amines) is 1. The van der Waals surface area contributed by atoms with Gasteiger partial charge in [-0.05, 0) is 37.4 Å². The molecule has 6 nitrogen and oxygen atoms in total. The fraction of sp³-hybridized carbons (Fsp3) is 0.571. The van der Waals surface area contributed by atoms with Gasteiger partial charge in [-0.2, -0.15) is 4.98 Å². The predicted molar refractivity (Wildman–Crippen MR) is 71.8 cm³/mol. The van der Waals surface area contributed by atoms with E-state index < -0.39 is 0 Å². The molecule has 0 amide bonds. The van der Waals surface area contributed by atoms with Crippen molar-refractivity contribution in [2.45, 2.75) is 25.4 Å². The molecule has 106 valence electrons. The van der Waals surface area contributed by atoms with Crippen molar-refractivity contribution in [3.05, 3.63) is 24.3 Å². The van der Waals surface area contributed by atoms with Crippen LogP contribution < -0.4 is 5.32 Å². The normalized spacial score (nSPS) is 26.8. The molecule has 4 heterocycles. The van der Waals surface area contributed by atoms with Gasteiger partial charge in [-0.15, -0.1) is 0 Å². The van der Waals surface area contributed by atoms with E-state index in [1.54, 1.807) is 6.26 Å². The summed E-state index contributed by atoms with van der Waals surface area (Å²) in [5, 5.41) is 7.55. The Morgan fingerprint density at radius 2 is 2.40 bits per heavy atom. The van der Waals surface area contributed by atoms with E-state index in [4.69, 9.17) is 8.94 Å². The van der Waals surface area contributed by atoms with E-state index in [1.807, 2.05) is 12.1 Å². The molecule has 1 N–H and O–H groups in total. The molecule has 2 aliphatic rings. The Balaban J connectivity index is 1.42. The molecule has 2 atom stereocenters. The smallest absolute Gasteiger partial charge is 0.241 e. The van der Waals surface area contributed by atoms with Crippen molar-refractivity contribution in [3.63, 3.8) is 0 Å². The van der Waals surface area contributed by atoms with Crippen LogP contribution in [-0.2, 0) is 6.54 Å². The van der Waals surface area contributed by atoms with E-state index in [0.29, 0.717) is 23.5 Å². The van der Waals surface area contributed by atoms with Crippen LogP contribution in [0.15, 0.2) is 27.3 Å². The lowest BCUT2D eigenvalue weighted by molar-refractivity contribution is 0.140. The van der Waals surface area contributed by atoms with Crippen LogP contribution in [0.2, 0.25) is 0 Å². The van der Waals surface area contributed by atoms with Crippen LogP contribution in [0.3, 0.4) is 0 Å². The second-order valence-electron chi connectivity index (χ2n) is 5.62. The maximum atomic E-state index is 5.32. The monoisotopic (exact) mass is 274 g/mol. The SMILES string of the molecule is c1coc(-c2noc(CN3CCC4NCCC4C3)n2)c1. The third-order valence-corrected chi connectivity index (χ3v) is 4.31. The molecular formula is C14H18N4O2. The standard InChI is InChI=1S/C14H18N4O2/c1-2-12(19-7-1)14-16-13(20-17-14)9-18-6-4-11-10(8-18)3-5-15-11/h1-2,7,10-11,15H,3-6,8-9H2. The van der Waals surface area contributed by atoms with E-state index >= 15 is 0 Å². The van der Waals surface area contributed by atoms with Gasteiger partial charge in [0.2, 0.25) is 11.7 Å². The summed E-state index contributed by atoms with van der Waals surface area (Å²) in [6.45, 7) is 4.10. The summed E-state index contributed by atoms with van der Waals surface area (Å²) in [6.07, 6.45) is 4.11. The second kappa shape index (κ2) is 5.03. The zero-order valence-electron chi connectivity index (χ0n) is 11.3. The first-order chi connectivity index (χ1) is 9.88. The van der Waals surface area contributed by atoms with Gasteiger partial charge in [0.1, 0.15) is 0 Å². The lowest BCUT2D eigenvalue weighted by Gasteiger charge is -2.33. The number of fused-ring (bicyclic) bond motifs is 1. The summed E-state index contributed by atoms with van der Waals surface area (Å²) in [4.78, 5) is 6.81. The first-order valence-electron chi connectivity index (χ1n) is 7.21. The van der Waals surface area contributed by atoms with Crippen molar-refractivity contribution in [1.29, 1.82) is 0 Å². The Labute approximate surface area is 117 Å². The highest BCUT2D eigenvalue weighted by molar-refractivity contribution is 5.44. The van der Waals surface area contributed by atoms with Crippen molar-refractivity contribution in [3.8, 4) is 11.6 Å². The number of piperidine rings is 1. The minimum atomic E-state index is 0.530. The molecule has 2 aliphatic heterocycles. The molecule has 0 aliphatic carbocycles. The molecule has 2 fully saturated rings. The highest BCUT2D eigenvalue weighted by Gasteiger charge is 2.33. The molecule has 6 heteroatoms. The number of nitrogens with zero attached hydrogens (tertiary/aromatic N) is 3. The minimum absolute atomic E-state index is 0.530. The van der Waals surface area contributed by atoms with Gasteiger partial charge in [-0.3, -0.25) is 4.90 Å². The Kier molecular flexibility index (Phi) is 3.05. The van der Waals surface area contributed by atoms with Gasteiger partial charge in [0.25, 0.3) is 0 Å². The highest BCUT2D eigenvalue weighted by atomic mass is 16.5. The number of nitrogens with one attached hydrogen (secondary N) is 1. The molecular weight excluding hydrogens is 256 g/mol. The van der Waals surface area contributed by atoms with Crippen molar-refractivity contribution in [2.75, 3.05) is 19.6 Å². The quantitative estimate of drug-likeness (QED) is 0.915. The summed E-state index contributed by atoms with van der Waals surface area (Å²) in [5.74, 6) is 2.62. The van der Waals surface area contributed by atoms with E-state index in [-0.39, 0.29) is 0 Å². The summed E-state index contributed by atoms with van der Waals surface area (Å²) in [7, 11) is 0. The zero-order valence-corrected chi connectivity index (χ0v) is 11.3. The zero-order chi connectivity index (χ0) is 13.4. The molecule has 0 radical (unpaired) electrons. The topological polar surface area (TPSA) is 67.3 Å². The van der Waals surface area contributed by atoms with Crippen molar-refractivity contribution in [2.24, 2.45) is 5.92 Å². The third kappa shape index (κ3) is 2.25. The first kappa shape index (κ1) is 12.1. The average molecular weight is 274 g/mol. The maximum absolute atomic E-state index is 5.32. The average Bonchev–Trinajstić information content (AvgIpc) is 3.19. The first-order valence-corrected chi connectivity index (χ1v) is 7.21. The number of hydrogen-bond acceptors (Lipinski definition) is 6. The van der Waals surface area contributed by atoms with Crippen LogP contribution in [0.1, 0.15) is 18.7 Å². The Morgan fingerprint density at radius 3 is 3.30 bits per heavy atom. The fourth-order valence-electron chi connectivity index (χ4n) is 3.28. The molecule has 0 saturated carbocycles. The predicted octanol–water partition coefficient (Wildman–Crippen LogP) is 1.51. The van der Waals surface area contributed by atoms with Gasteiger partial charge in [0, 0.05) is 19.1 Å². The van der Waals surface area contributed by atoms with Crippen LogP contribution in [0, 0.1) is 5.92 Å². The van der Waals surface area contributed by atoms with Gasteiger partial charge in [0.15, 0.2) is 5.76 Å². The molecule has 2 saturated heterocycles. The van der Waals surface area contributed by atoms with E-state index in [1.165, 1.54) is 12.8 Å². The Morgan fingerprint density at radius 1 is 1.40 bits per heavy atom. The minimum Gasteiger partial charge on any atom is -0.461 e. The molecule has 2 unspecified atom stereocenters. The lowest BCUT2D eigenvalue weighted by atomic mass is 9.93. The highest BCUT2D eigenvalue weighted by Crippen LogP contribution is 2.25. The van der Waals surface area contributed by atoms with Gasteiger partial charge < -0.3 is 14.3 Å². The van der Waals surface area contributed by atoms with Crippen molar-refractivity contribution >= 4 is 0 Å². The Hall–Kier alpha value is -1.66. The third-order valence-electron chi connectivity index (χ3n) is 4.31. The number of hydrogen-bond donors (Lipinski definition) is 1. The van der Waals surface area contributed by atoms with Gasteiger partial charge >= 0.3 is 0 Å². The molecule has 0 bridgehead atoms. The number of rotatable bonds is 3. The molecule has 0 spiro atoms. The molecule has 0 aromatic carbocycles. The molecule has 4 rings (SSSR count). The Bertz CT molecular complexity index is 566. The van der Waals surface area contributed by atoms with Crippen LogP contribution in [0.4, 0.5) is 0 Å². The summed E-state index contributed by atoms with van der Waals surface area (Å²) >= 11 is 0. The van der Waals surface area contributed by atoms with E-state index in [2.05, 4.69) is 20.4 Å². The second-order valence-corrected chi connectivity index (χ2v) is 5.62. The lowest BCUT2D eigenvalue weighted by Crippen LogP contribution is -2.43. The van der Waals surface area contributed by atoms with E-state index in [9.17, 15) is 0 Å². The van der Waals surface area contributed by atoms with Crippen LogP contribution in [-0.4, -0.2) is 40.7 Å². The van der Waals surface area contributed by atoms with Crippen molar-refractivity contribution in [1.82, 2.24) is 20.4 Å². The van der Waals surface area contributed by atoms with Crippen LogP contribution >= 0.6 is 0 Å². The van der Waals surface area contributed by atoms with Crippen LogP contribution in [0.5, 0.6) is 0 Å². The summed E-state index contributed by atoms with van der Waals surface area (Å²) in [6, 6.07) is 4.38.